The molecule has 3 heteroatoms. The van der Waals surface area contributed by atoms with E-state index in [1.165, 1.54) is 4.90 Å². The molecule has 1 saturated carbocycles. The van der Waals surface area contributed by atoms with Gasteiger partial charge in [0.25, 0.3) is 0 Å². The minimum absolute atomic E-state index is 0.0417. The van der Waals surface area contributed by atoms with Gasteiger partial charge in [0.2, 0.25) is 11.8 Å². The van der Waals surface area contributed by atoms with Crippen LogP contribution in [0.5, 0.6) is 0 Å². The molecule has 0 bridgehead atoms. The van der Waals surface area contributed by atoms with Crippen LogP contribution in [0.2, 0.25) is 0 Å². The summed E-state index contributed by atoms with van der Waals surface area (Å²) in [6.07, 6.45) is 3.64. The van der Waals surface area contributed by atoms with E-state index in [-0.39, 0.29) is 11.8 Å². The highest BCUT2D eigenvalue weighted by molar-refractivity contribution is 6.21. The molecular weight excluding hydrogens is 142 g/mol. The third kappa shape index (κ3) is 0.588. The summed E-state index contributed by atoms with van der Waals surface area (Å²) >= 11 is 0. The number of β-lactam (4-membered cyclic amide) rings is 2. The highest BCUT2D eigenvalue weighted by Crippen LogP contribution is 2.46. The van der Waals surface area contributed by atoms with Crippen molar-refractivity contribution < 1.29 is 9.59 Å². The van der Waals surface area contributed by atoms with Crippen molar-refractivity contribution in [3.05, 3.63) is 0 Å². The lowest BCUT2D eigenvalue weighted by atomic mass is 9.76. The molecule has 2 fully saturated rings. The summed E-state index contributed by atoms with van der Waals surface area (Å²) < 4.78 is 0. The molecule has 1 aliphatic heterocycles. The van der Waals surface area contributed by atoms with Crippen LogP contribution in [0.1, 0.15) is 25.7 Å². The lowest BCUT2D eigenvalue weighted by Crippen LogP contribution is -2.63. The van der Waals surface area contributed by atoms with E-state index in [0.717, 1.165) is 25.7 Å². The van der Waals surface area contributed by atoms with Crippen molar-refractivity contribution in [1.29, 1.82) is 0 Å². The van der Waals surface area contributed by atoms with E-state index in [2.05, 4.69) is 0 Å². The largest absolute Gasteiger partial charge is 0.284 e. The number of nitrogens with zero attached hydrogens (tertiary/aromatic N) is 1. The predicted octanol–water partition coefficient (Wildman–Crippen LogP) is 0.545. The van der Waals surface area contributed by atoms with Crippen molar-refractivity contribution in [3.8, 4) is 0 Å². The maximum absolute atomic E-state index is 11.3. The van der Waals surface area contributed by atoms with E-state index in [9.17, 15) is 9.59 Å². The molecule has 11 heavy (non-hydrogen) atoms. The van der Waals surface area contributed by atoms with Crippen molar-refractivity contribution in [2.24, 2.45) is 5.41 Å². The highest BCUT2D eigenvalue weighted by atomic mass is 16.2. The highest BCUT2D eigenvalue weighted by Gasteiger charge is 2.59. The Balaban J connectivity index is 2.27. The Bertz CT molecular complexity index is 210. The molecule has 1 heterocycles. The summed E-state index contributed by atoms with van der Waals surface area (Å²) in [7, 11) is 1.56. The number of likely N-dealkylation sites (tertiary alicyclic amines) is 1. The zero-order valence-corrected chi connectivity index (χ0v) is 6.59. The van der Waals surface area contributed by atoms with Gasteiger partial charge in [-0.05, 0) is 12.8 Å². The second-order valence-corrected chi connectivity index (χ2v) is 3.46. The van der Waals surface area contributed by atoms with E-state index < -0.39 is 5.41 Å². The first-order valence-electron chi connectivity index (χ1n) is 4.01. The fourth-order valence-corrected chi connectivity index (χ4v) is 2.18. The molecule has 1 saturated heterocycles. The van der Waals surface area contributed by atoms with Crippen LogP contribution < -0.4 is 0 Å². The van der Waals surface area contributed by atoms with Gasteiger partial charge in [0, 0.05) is 7.05 Å². The number of hydrogen-bond donors (Lipinski definition) is 0. The van der Waals surface area contributed by atoms with Crippen LogP contribution in [0.3, 0.4) is 0 Å². The molecule has 0 unspecified atom stereocenters. The van der Waals surface area contributed by atoms with Crippen LogP contribution in [-0.2, 0) is 9.59 Å². The van der Waals surface area contributed by atoms with Crippen LogP contribution in [0, 0.1) is 5.41 Å². The van der Waals surface area contributed by atoms with Crippen LogP contribution in [-0.4, -0.2) is 23.8 Å². The van der Waals surface area contributed by atoms with Gasteiger partial charge >= 0.3 is 0 Å². The fraction of sp³-hybridized carbons (Fsp3) is 0.750. The standard InChI is InChI=1S/C8H11NO2/c1-9-6(10)8(7(9)11)4-2-3-5-8/h2-5H2,1H3. The molecule has 3 nitrogen and oxygen atoms in total. The van der Waals surface area contributed by atoms with Gasteiger partial charge in [0.1, 0.15) is 5.41 Å². The maximum Gasteiger partial charge on any atom is 0.244 e. The third-order valence-corrected chi connectivity index (χ3v) is 2.89. The Morgan fingerprint density at radius 1 is 1.18 bits per heavy atom. The Hall–Kier alpha value is -0.860. The smallest absolute Gasteiger partial charge is 0.244 e. The van der Waals surface area contributed by atoms with E-state index >= 15 is 0 Å². The Morgan fingerprint density at radius 2 is 1.64 bits per heavy atom. The lowest BCUT2D eigenvalue weighted by Gasteiger charge is -2.41. The Labute approximate surface area is 65.4 Å². The number of rotatable bonds is 0. The minimum atomic E-state index is -0.547. The second kappa shape index (κ2) is 1.84. The van der Waals surface area contributed by atoms with Gasteiger partial charge in [-0.25, -0.2) is 0 Å². The normalized spacial score (nSPS) is 27.9. The van der Waals surface area contributed by atoms with Crippen molar-refractivity contribution in [1.82, 2.24) is 4.90 Å². The number of carbonyl (C=O) groups excluding carboxylic acids is 2. The Morgan fingerprint density at radius 3 is 2.09 bits per heavy atom. The van der Waals surface area contributed by atoms with Crippen molar-refractivity contribution in [2.75, 3.05) is 7.05 Å². The monoisotopic (exact) mass is 153 g/mol. The summed E-state index contributed by atoms with van der Waals surface area (Å²) in [5, 5.41) is 0. The van der Waals surface area contributed by atoms with Gasteiger partial charge in [0.05, 0.1) is 0 Å². The Kier molecular flexibility index (Phi) is 1.14. The van der Waals surface area contributed by atoms with E-state index in [1.54, 1.807) is 7.05 Å². The maximum atomic E-state index is 11.3. The van der Waals surface area contributed by atoms with Gasteiger partial charge in [0.15, 0.2) is 0 Å². The first-order chi connectivity index (χ1) is 5.18. The van der Waals surface area contributed by atoms with Crippen LogP contribution in [0.25, 0.3) is 0 Å². The summed E-state index contributed by atoms with van der Waals surface area (Å²) in [5.41, 5.74) is -0.547. The lowest BCUT2D eigenvalue weighted by molar-refractivity contribution is -0.174. The molecule has 0 aromatic carbocycles. The number of hydrogen-bond acceptors (Lipinski definition) is 2. The average molecular weight is 153 g/mol. The van der Waals surface area contributed by atoms with Crippen molar-refractivity contribution >= 4 is 11.8 Å². The number of carbonyl (C=O) groups is 2. The molecule has 2 rings (SSSR count). The van der Waals surface area contributed by atoms with Crippen LogP contribution >= 0.6 is 0 Å². The summed E-state index contributed by atoms with van der Waals surface area (Å²) in [6.45, 7) is 0. The van der Waals surface area contributed by atoms with Gasteiger partial charge in [-0.15, -0.1) is 0 Å². The summed E-state index contributed by atoms with van der Waals surface area (Å²) in [4.78, 5) is 23.8. The van der Waals surface area contributed by atoms with Crippen molar-refractivity contribution in [2.45, 2.75) is 25.7 Å². The second-order valence-electron chi connectivity index (χ2n) is 3.46. The summed E-state index contributed by atoms with van der Waals surface area (Å²) in [5.74, 6) is 0.0833. The zero-order chi connectivity index (χ0) is 8.06. The average Bonchev–Trinajstić information content (AvgIpc) is 2.51. The van der Waals surface area contributed by atoms with E-state index in [4.69, 9.17) is 0 Å². The van der Waals surface area contributed by atoms with Gasteiger partial charge in [-0.3, -0.25) is 14.5 Å². The summed E-state index contributed by atoms with van der Waals surface area (Å²) in [6, 6.07) is 0. The quantitative estimate of drug-likeness (QED) is 0.376. The SMILES string of the molecule is CN1C(=O)C2(CCCC2)C1=O. The topological polar surface area (TPSA) is 37.4 Å². The number of amides is 2. The predicted molar refractivity (Wildman–Crippen MR) is 38.7 cm³/mol. The fourth-order valence-electron chi connectivity index (χ4n) is 2.18. The van der Waals surface area contributed by atoms with Gasteiger partial charge in [-0.1, -0.05) is 12.8 Å². The van der Waals surface area contributed by atoms with Crippen LogP contribution in [0.15, 0.2) is 0 Å². The van der Waals surface area contributed by atoms with E-state index in [1.807, 2.05) is 0 Å². The molecule has 2 amide bonds. The molecule has 0 aromatic rings. The zero-order valence-electron chi connectivity index (χ0n) is 6.59. The molecule has 60 valence electrons. The first kappa shape index (κ1) is 6.83. The van der Waals surface area contributed by atoms with E-state index in [0.29, 0.717) is 0 Å². The van der Waals surface area contributed by atoms with Gasteiger partial charge < -0.3 is 0 Å². The first-order valence-corrected chi connectivity index (χ1v) is 4.01. The minimum Gasteiger partial charge on any atom is -0.284 e. The number of imide groups is 1. The molecule has 2 aliphatic rings. The molecule has 0 radical (unpaired) electrons. The van der Waals surface area contributed by atoms with Crippen LogP contribution in [0.4, 0.5) is 0 Å². The molecule has 0 aromatic heterocycles. The molecule has 1 spiro atoms. The molecular formula is C8H11NO2. The third-order valence-electron chi connectivity index (χ3n) is 2.89. The van der Waals surface area contributed by atoms with Crippen molar-refractivity contribution in [3.63, 3.8) is 0 Å². The molecule has 0 N–H and O–H groups in total. The van der Waals surface area contributed by atoms with Gasteiger partial charge in [-0.2, -0.15) is 0 Å². The molecule has 0 atom stereocenters. The molecule has 1 aliphatic carbocycles.